The van der Waals surface area contributed by atoms with Crippen LogP contribution in [0.25, 0.3) is 5.57 Å². The summed E-state index contributed by atoms with van der Waals surface area (Å²) >= 11 is 5.98. The molecule has 5 nitrogen and oxygen atoms in total. The van der Waals surface area contributed by atoms with Crippen molar-refractivity contribution in [2.75, 3.05) is 0 Å². The third-order valence-corrected chi connectivity index (χ3v) is 4.42. The maximum atomic E-state index is 11.5. The Morgan fingerprint density at radius 1 is 1.09 bits per heavy atom. The molecule has 0 radical (unpaired) electrons. The molecule has 0 atom stereocenters. The van der Waals surface area contributed by atoms with E-state index in [1.165, 1.54) is 12.2 Å². The highest BCUT2D eigenvalue weighted by molar-refractivity contribution is 7.74. The van der Waals surface area contributed by atoms with Gasteiger partial charge in [-0.25, -0.2) is 9.79 Å². The van der Waals surface area contributed by atoms with Crippen LogP contribution in [0, 0.1) is 0 Å². The minimum absolute atomic E-state index is 0.0300. The summed E-state index contributed by atoms with van der Waals surface area (Å²) in [5.74, 6) is -1.23. The molecule has 1 aromatic carbocycles. The molecule has 1 N–H and O–H groups in total. The zero-order valence-corrected chi connectivity index (χ0v) is 12.5. The molecular formula is C15H8ClNO4S. The molecule has 110 valence electrons. The Balaban J connectivity index is 2.41. The summed E-state index contributed by atoms with van der Waals surface area (Å²) < 4.78 is 23.1. The summed E-state index contributed by atoms with van der Waals surface area (Å²) in [6.07, 6.45) is 2.90. The number of benzene rings is 1. The summed E-state index contributed by atoms with van der Waals surface area (Å²) in [5.41, 5.74) is 1.13. The molecule has 0 fully saturated rings. The predicted octanol–water partition coefficient (Wildman–Crippen LogP) is 2.05. The molecule has 1 heterocycles. The zero-order chi connectivity index (χ0) is 15.9. The van der Waals surface area contributed by atoms with Crippen LogP contribution in [0.5, 0.6) is 0 Å². The minimum Gasteiger partial charge on any atom is -0.476 e. The van der Waals surface area contributed by atoms with Gasteiger partial charge in [-0.2, -0.15) is 8.42 Å². The van der Waals surface area contributed by atoms with Crippen molar-refractivity contribution in [2.24, 2.45) is 4.99 Å². The number of carbonyl (C=O) groups is 1. The molecule has 0 spiro atoms. The summed E-state index contributed by atoms with van der Waals surface area (Å²) in [4.78, 5) is 15.4. The van der Waals surface area contributed by atoms with E-state index in [0.29, 0.717) is 5.56 Å². The number of fused-ring (bicyclic) bond motifs is 1. The maximum Gasteiger partial charge on any atom is 0.355 e. The van der Waals surface area contributed by atoms with E-state index in [0.717, 1.165) is 0 Å². The van der Waals surface area contributed by atoms with Gasteiger partial charge < -0.3 is 5.11 Å². The van der Waals surface area contributed by atoms with E-state index in [-0.39, 0.29) is 32.5 Å². The molecule has 0 aromatic heterocycles. The number of aliphatic imine (C=N–C) groups is 1. The number of carboxylic acids is 1. The van der Waals surface area contributed by atoms with Gasteiger partial charge in [-0.15, -0.1) is 0 Å². The van der Waals surface area contributed by atoms with Crippen LogP contribution in [0.1, 0.15) is 5.56 Å². The van der Waals surface area contributed by atoms with Gasteiger partial charge in [0.1, 0.15) is 4.86 Å². The lowest BCUT2D eigenvalue weighted by Gasteiger charge is -2.12. The Morgan fingerprint density at radius 2 is 1.77 bits per heavy atom. The lowest BCUT2D eigenvalue weighted by atomic mass is 9.93. The molecule has 2 aliphatic rings. The second-order valence-electron chi connectivity index (χ2n) is 4.51. The number of rotatable bonds is 2. The van der Waals surface area contributed by atoms with E-state index in [4.69, 9.17) is 11.6 Å². The number of hydrogen-bond acceptors (Lipinski definition) is 4. The SMILES string of the molecule is O=C(O)C1=NC2=CC=C(Cl)C(=S(=O)=O)C2=C1c1ccccc1. The summed E-state index contributed by atoms with van der Waals surface area (Å²) in [6, 6.07) is 8.64. The van der Waals surface area contributed by atoms with Crippen molar-refractivity contribution >= 4 is 44.0 Å². The van der Waals surface area contributed by atoms with Gasteiger partial charge in [-0.3, -0.25) is 0 Å². The van der Waals surface area contributed by atoms with Crippen molar-refractivity contribution in [2.45, 2.75) is 0 Å². The first-order chi connectivity index (χ1) is 10.5. The predicted molar refractivity (Wildman–Crippen MR) is 84.4 cm³/mol. The smallest absolute Gasteiger partial charge is 0.355 e. The van der Waals surface area contributed by atoms with Gasteiger partial charge in [-0.05, 0) is 17.7 Å². The Morgan fingerprint density at radius 3 is 2.36 bits per heavy atom. The zero-order valence-electron chi connectivity index (χ0n) is 10.9. The number of aliphatic carboxylic acids is 1. The van der Waals surface area contributed by atoms with Crippen LogP contribution < -0.4 is 0 Å². The molecule has 3 rings (SSSR count). The van der Waals surface area contributed by atoms with Gasteiger partial charge in [0.25, 0.3) is 0 Å². The van der Waals surface area contributed by atoms with E-state index in [1.54, 1.807) is 30.3 Å². The fraction of sp³-hybridized carbons (Fsp3) is 0. The van der Waals surface area contributed by atoms with Crippen LogP contribution in [0.4, 0.5) is 0 Å². The van der Waals surface area contributed by atoms with Gasteiger partial charge in [0, 0.05) is 11.1 Å². The molecule has 1 aliphatic carbocycles. The van der Waals surface area contributed by atoms with Crippen LogP contribution in [-0.4, -0.2) is 30.1 Å². The van der Waals surface area contributed by atoms with Crippen molar-refractivity contribution in [1.29, 1.82) is 0 Å². The second kappa shape index (κ2) is 5.40. The van der Waals surface area contributed by atoms with E-state index in [1.807, 2.05) is 0 Å². The molecule has 0 saturated carbocycles. The van der Waals surface area contributed by atoms with Gasteiger partial charge in [0.2, 0.25) is 10.3 Å². The van der Waals surface area contributed by atoms with E-state index in [2.05, 4.69) is 4.99 Å². The standard InChI is InChI=1S/C15H8ClNO4S/c16-9-6-7-10-12(14(9)22(20)21)11(13(17-10)15(18)19)8-4-2-1-3-5-8/h1-7H,(H,18,19). The third-order valence-electron chi connectivity index (χ3n) is 3.24. The van der Waals surface area contributed by atoms with Crippen LogP contribution in [0.15, 0.2) is 63.8 Å². The molecule has 7 heteroatoms. The Hall–Kier alpha value is -2.44. The van der Waals surface area contributed by atoms with Crippen LogP contribution in [0.2, 0.25) is 0 Å². The van der Waals surface area contributed by atoms with Crippen LogP contribution in [0.3, 0.4) is 0 Å². The molecule has 0 amide bonds. The van der Waals surface area contributed by atoms with E-state index < -0.39 is 16.3 Å². The van der Waals surface area contributed by atoms with Gasteiger partial charge in [-0.1, -0.05) is 41.9 Å². The topological polar surface area (TPSA) is 83.8 Å². The average Bonchev–Trinajstić information content (AvgIpc) is 2.87. The maximum absolute atomic E-state index is 11.5. The second-order valence-corrected chi connectivity index (χ2v) is 5.80. The third kappa shape index (κ3) is 2.22. The highest BCUT2D eigenvalue weighted by Gasteiger charge is 2.34. The molecular weight excluding hydrogens is 326 g/mol. The Labute approximate surface area is 132 Å². The van der Waals surface area contributed by atoms with E-state index >= 15 is 0 Å². The van der Waals surface area contributed by atoms with Gasteiger partial charge >= 0.3 is 5.97 Å². The normalized spacial score (nSPS) is 16.8. The Bertz CT molecular complexity index is 943. The van der Waals surface area contributed by atoms with Gasteiger partial charge in [0.15, 0.2) is 5.71 Å². The number of hydrogen-bond donors (Lipinski definition) is 1. The molecule has 22 heavy (non-hydrogen) atoms. The lowest BCUT2D eigenvalue weighted by molar-refractivity contribution is -0.129. The largest absolute Gasteiger partial charge is 0.476 e. The first-order valence-electron chi connectivity index (χ1n) is 6.17. The highest BCUT2D eigenvalue weighted by atomic mass is 35.5. The van der Waals surface area contributed by atoms with Crippen molar-refractivity contribution in [3.8, 4) is 0 Å². The lowest BCUT2D eigenvalue weighted by Crippen LogP contribution is -2.15. The number of nitrogens with zero attached hydrogens (tertiary/aromatic N) is 1. The van der Waals surface area contributed by atoms with Crippen molar-refractivity contribution in [3.63, 3.8) is 0 Å². The minimum atomic E-state index is -2.61. The number of halogens is 1. The highest BCUT2D eigenvalue weighted by Crippen LogP contribution is 2.37. The molecule has 1 aliphatic heterocycles. The average molecular weight is 334 g/mol. The molecule has 1 aromatic rings. The fourth-order valence-electron chi connectivity index (χ4n) is 2.38. The summed E-state index contributed by atoms with van der Waals surface area (Å²) in [5, 5.41) is 9.41. The number of allylic oxidation sites excluding steroid dienone is 4. The first kappa shape index (κ1) is 14.5. The first-order valence-corrected chi connectivity index (χ1v) is 7.63. The summed E-state index contributed by atoms with van der Waals surface area (Å²) in [7, 11) is -2.61. The molecule has 0 unspecified atom stereocenters. The van der Waals surface area contributed by atoms with Crippen LogP contribution in [-0.2, 0) is 15.1 Å². The van der Waals surface area contributed by atoms with Crippen molar-refractivity contribution < 1.29 is 18.3 Å². The monoisotopic (exact) mass is 333 g/mol. The Kier molecular flexibility index (Phi) is 3.56. The van der Waals surface area contributed by atoms with Crippen molar-refractivity contribution in [3.05, 3.63) is 64.3 Å². The molecule has 0 saturated heterocycles. The van der Waals surface area contributed by atoms with Crippen LogP contribution >= 0.6 is 11.6 Å². The number of carboxylic acid groups (broad SMARTS) is 1. The quantitative estimate of drug-likeness (QED) is 0.839. The van der Waals surface area contributed by atoms with Crippen molar-refractivity contribution in [1.82, 2.24) is 0 Å². The molecule has 0 bridgehead atoms. The summed E-state index contributed by atoms with van der Waals surface area (Å²) in [6.45, 7) is 0. The van der Waals surface area contributed by atoms with E-state index in [9.17, 15) is 18.3 Å². The fourth-order valence-corrected chi connectivity index (χ4v) is 3.33. The van der Waals surface area contributed by atoms with Gasteiger partial charge in [0.05, 0.1) is 10.7 Å².